The van der Waals surface area contributed by atoms with Crippen LogP contribution in [0.5, 0.6) is 0 Å². The zero-order chi connectivity index (χ0) is 9.68. The Hall–Kier alpha value is -0.0500. The molecule has 0 saturated carbocycles. The molecule has 1 aliphatic rings. The van der Waals surface area contributed by atoms with E-state index in [2.05, 4.69) is 22.9 Å². The molecule has 0 aromatic carbocycles. The first kappa shape index (κ1) is 11.0. The first-order valence-corrected chi connectivity index (χ1v) is 6.23. The average Bonchev–Trinajstić information content (AvgIpc) is 2.18. The zero-order valence-corrected chi connectivity index (χ0v) is 9.85. The number of carbonyl (C=O) groups excluding carboxylic acids is 1. The summed E-state index contributed by atoms with van der Waals surface area (Å²) in [6.45, 7) is 4.17. The molecule has 13 heavy (non-hydrogen) atoms. The lowest BCUT2D eigenvalue weighted by Gasteiger charge is -2.32. The van der Waals surface area contributed by atoms with Crippen LogP contribution in [0, 0.1) is 5.92 Å². The molecule has 1 heterocycles. The highest BCUT2D eigenvalue weighted by Gasteiger charge is 2.21. The molecule has 1 fully saturated rings. The van der Waals surface area contributed by atoms with Crippen molar-refractivity contribution in [2.45, 2.75) is 32.6 Å². The van der Waals surface area contributed by atoms with Crippen LogP contribution in [0.2, 0.25) is 0 Å². The Labute approximate surface area is 88.8 Å². The molecule has 3 heteroatoms. The number of piperidine rings is 1. The van der Waals surface area contributed by atoms with Gasteiger partial charge in [0.2, 0.25) is 5.91 Å². The van der Waals surface area contributed by atoms with Crippen LogP contribution in [-0.4, -0.2) is 29.2 Å². The van der Waals surface area contributed by atoms with Crippen molar-refractivity contribution in [2.24, 2.45) is 5.92 Å². The van der Waals surface area contributed by atoms with Gasteiger partial charge in [0.05, 0.1) is 0 Å². The summed E-state index contributed by atoms with van der Waals surface area (Å²) in [5.41, 5.74) is 0. The van der Waals surface area contributed by atoms with Gasteiger partial charge in [0, 0.05) is 24.8 Å². The average molecular weight is 248 g/mol. The third-order valence-corrected chi connectivity index (χ3v) is 3.15. The maximum atomic E-state index is 11.6. The summed E-state index contributed by atoms with van der Waals surface area (Å²) in [5, 5.41) is 0.791. The third kappa shape index (κ3) is 3.29. The highest BCUT2D eigenvalue weighted by molar-refractivity contribution is 9.09. The minimum Gasteiger partial charge on any atom is -0.342 e. The standard InChI is InChI=1S/C10H18BrNO/c1-2-9-4-3-7-12(8-9)10(13)5-6-11/h9H,2-8H2,1H3. The fourth-order valence-electron chi connectivity index (χ4n) is 1.86. The number of hydrogen-bond donors (Lipinski definition) is 0. The van der Waals surface area contributed by atoms with E-state index in [0.717, 1.165) is 24.3 Å². The van der Waals surface area contributed by atoms with Crippen molar-refractivity contribution >= 4 is 21.8 Å². The minimum atomic E-state index is 0.315. The summed E-state index contributed by atoms with van der Waals surface area (Å²) in [5.74, 6) is 1.06. The molecule has 0 aliphatic carbocycles. The number of likely N-dealkylation sites (tertiary alicyclic amines) is 1. The molecule has 0 spiro atoms. The van der Waals surface area contributed by atoms with Gasteiger partial charge in [-0.1, -0.05) is 29.3 Å². The van der Waals surface area contributed by atoms with Crippen LogP contribution in [0.25, 0.3) is 0 Å². The van der Waals surface area contributed by atoms with Crippen LogP contribution < -0.4 is 0 Å². The SMILES string of the molecule is CCC1CCCN(C(=O)CCBr)C1. The lowest BCUT2D eigenvalue weighted by Crippen LogP contribution is -2.39. The molecule has 1 rings (SSSR count). The largest absolute Gasteiger partial charge is 0.342 e. The Balaban J connectivity index is 2.37. The molecule has 1 amide bonds. The van der Waals surface area contributed by atoms with E-state index < -0.39 is 0 Å². The van der Waals surface area contributed by atoms with E-state index in [1.165, 1.54) is 19.3 Å². The van der Waals surface area contributed by atoms with Crippen molar-refractivity contribution < 1.29 is 4.79 Å². The van der Waals surface area contributed by atoms with E-state index in [0.29, 0.717) is 12.3 Å². The second-order valence-electron chi connectivity index (χ2n) is 3.70. The second-order valence-corrected chi connectivity index (χ2v) is 4.49. The normalized spacial score (nSPS) is 23.2. The summed E-state index contributed by atoms with van der Waals surface area (Å²) in [6.07, 6.45) is 4.34. The lowest BCUT2D eigenvalue weighted by molar-refractivity contribution is -0.132. The molecule has 76 valence electrons. The van der Waals surface area contributed by atoms with Crippen LogP contribution in [0.15, 0.2) is 0 Å². The van der Waals surface area contributed by atoms with Crippen molar-refractivity contribution in [1.29, 1.82) is 0 Å². The predicted molar refractivity (Wildman–Crippen MR) is 58.0 cm³/mol. The summed E-state index contributed by atoms with van der Waals surface area (Å²) in [4.78, 5) is 13.6. The van der Waals surface area contributed by atoms with E-state index in [1.807, 2.05) is 4.90 Å². The molecule has 0 aromatic rings. The van der Waals surface area contributed by atoms with Crippen LogP contribution in [0.3, 0.4) is 0 Å². The van der Waals surface area contributed by atoms with Crippen LogP contribution in [-0.2, 0) is 4.79 Å². The molecule has 0 bridgehead atoms. The van der Waals surface area contributed by atoms with Gasteiger partial charge in [-0.3, -0.25) is 4.79 Å². The lowest BCUT2D eigenvalue weighted by atomic mass is 9.95. The van der Waals surface area contributed by atoms with Crippen molar-refractivity contribution in [2.75, 3.05) is 18.4 Å². The van der Waals surface area contributed by atoms with Gasteiger partial charge < -0.3 is 4.90 Å². The first-order chi connectivity index (χ1) is 6.27. The third-order valence-electron chi connectivity index (χ3n) is 2.76. The number of rotatable bonds is 3. The number of alkyl halides is 1. The van der Waals surface area contributed by atoms with E-state index in [9.17, 15) is 4.79 Å². The smallest absolute Gasteiger partial charge is 0.223 e. The Morgan fingerprint density at radius 1 is 1.62 bits per heavy atom. The van der Waals surface area contributed by atoms with Crippen molar-refractivity contribution in [3.05, 3.63) is 0 Å². The van der Waals surface area contributed by atoms with Gasteiger partial charge in [-0.05, 0) is 18.8 Å². The molecule has 0 radical (unpaired) electrons. The summed E-state index contributed by atoms with van der Waals surface area (Å²) in [7, 11) is 0. The second kappa shape index (κ2) is 5.63. The molecular formula is C10H18BrNO. The van der Waals surface area contributed by atoms with E-state index in [4.69, 9.17) is 0 Å². The van der Waals surface area contributed by atoms with Crippen molar-refractivity contribution in [3.63, 3.8) is 0 Å². The maximum absolute atomic E-state index is 11.6. The molecule has 2 nitrogen and oxygen atoms in total. The number of carbonyl (C=O) groups is 1. The number of halogens is 1. The van der Waals surface area contributed by atoms with Gasteiger partial charge in [-0.2, -0.15) is 0 Å². The van der Waals surface area contributed by atoms with Crippen molar-refractivity contribution in [3.8, 4) is 0 Å². The minimum absolute atomic E-state index is 0.315. The first-order valence-electron chi connectivity index (χ1n) is 5.11. The Bertz CT molecular complexity index is 172. The molecule has 1 aliphatic heterocycles. The molecule has 1 unspecified atom stereocenters. The van der Waals surface area contributed by atoms with Gasteiger partial charge in [-0.15, -0.1) is 0 Å². The maximum Gasteiger partial charge on any atom is 0.223 e. The molecule has 1 saturated heterocycles. The fraction of sp³-hybridized carbons (Fsp3) is 0.900. The highest BCUT2D eigenvalue weighted by Crippen LogP contribution is 2.19. The monoisotopic (exact) mass is 247 g/mol. The van der Waals surface area contributed by atoms with E-state index in [-0.39, 0.29) is 0 Å². The van der Waals surface area contributed by atoms with Gasteiger partial charge in [0.15, 0.2) is 0 Å². The van der Waals surface area contributed by atoms with Gasteiger partial charge in [-0.25, -0.2) is 0 Å². The fourth-order valence-corrected chi connectivity index (χ4v) is 2.20. The Morgan fingerprint density at radius 3 is 3.00 bits per heavy atom. The van der Waals surface area contributed by atoms with Crippen molar-refractivity contribution in [1.82, 2.24) is 4.90 Å². The summed E-state index contributed by atoms with van der Waals surface area (Å²) >= 11 is 3.30. The number of nitrogens with zero attached hydrogens (tertiary/aromatic N) is 1. The summed E-state index contributed by atoms with van der Waals surface area (Å²) < 4.78 is 0. The number of hydrogen-bond acceptors (Lipinski definition) is 1. The molecule has 0 aromatic heterocycles. The van der Waals surface area contributed by atoms with Crippen LogP contribution >= 0.6 is 15.9 Å². The van der Waals surface area contributed by atoms with Gasteiger partial charge in [0.25, 0.3) is 0 Å². The van der Waals surface area contributed by atoms with Crippen LogP contribution in [0.4, 0.5) is 0 Å². The van der Waals surface area contributed by atoms with Gasteiger partial charge >= 0.3 is 0 Å². The summed E-state index contributed by atoms with van der Waals surface area (Å²) in [6, 6.07) is 0. The van der Waals surface area contributed by atoms with Crippen LogP contribution in [0.1, 0.15) is 32.6 Å². The molecular weight excluding hydrogens is 230 g/mol. The van der Waals surface area contributed by atoms with E-state index in [1.54, 1.807) is 0 Å². The highest BCUT2D eigenvalue weighted by atomic mass is 79.9. The molecule has 0 N–H and O–H groups in total. The topological polar surface area (TPSA) is 20.3 Å². The number of amides is 1. The Kier molecular flexibility index (Phi) is 4.78. The Morgan fingerprint density at radius 2 is 2.38 bits per heavy atom. The zero-order valence-electron chi connectivity index (χ0n) is 8.26. The quantitative estimate of drug-likeness (QED) is 0.702. The molecule has 1 atom stereocenters. The van der Waals surface area contributed by atoms with E-state index >= 15 is 0 Å². The van der Waals surface area contributed by atoms with Gasteiger partial charge in [0.1, 0.15) is 0 Å². The predicted octanol–water partition coefficient (Wildman–Crippen LogP) is 2.42.